The van der Waals surface area contributed by atoms with Crippen molar-refractivity contribution in [2.45, 2.75) is 0 Å². The molecule has 0 amide bonds. The lowest BCUT2D eigenvalue weighted by molar-refractivity contribution is 0.414. The number of rotatable bonds is 6. The molecule has 0 saturated heterocycles. The Morgan fingerprint density at radius 3 is 2.47 bits per heavy atom. The van der Waals surface area contributed by atoms with Gasteiger partial charge < -0.3 is 9.47 Å². The van der Waals surface area contributed by atoms with Crippen LogP contribution >= 0.6 is 0 Å². The number of hydrogen-bond donors (Lipinski definition) is 1. The van der Waals surface area contributed by atoms with Gasteiger partial charge in [-0.25, -0.2) is 15.0 Å². The summed E-state index contributed by atoms with van der Waals surface area (Å²) in [6.45, 7) is 0. The summed E-state index contributed by atoms with van der Waals surface area (Å²) in [4.78, 5) is 17.8. The van der Waals surface area contributed by atoms with Crippen LogP contribution in [0, 0.1) is 0 Å². The van der Waals surface area contributed by atoms with E-state index in [2.05, 4.69) is 15.5 Å². The predicted octanol–water partition coefficient (Wildman–Crippen LogP) is 3.85. The Bertz CT molecular complexity index is 1260. The van der Waals surface area contributed by atoms with Crippen LogP contribution in [-0.2, 0) is 0 Å². The van der Waals surface area contributed by atoms with E-state index in [-0.39, 0.29) is 5.56 Å². The third-order valence-corrected chi connectivity index (χ3v) is 4.58. The molecule has 0 saturated carbocycles. The maximum atomic E-state index is 13.2. The second-order valence-corrected chi connectivity index (χ2v) is 6.44. The van der Waals surface area contributed by atoms with Crippen molar-refractivity contribution in [1.29, 1.82) is 0 Å². The van der Waals surface area contributed by atoms with Crippen molar-refractivity contribution < 1.29 is 9.47 Å². The molecule has 0 fully saturated rings. The van der Waals surface area contributed by atoms with Crippen molar-refractivity contribution in [3.8, 4) is 17.2 Å². The molecule has 4 aromatic rings. The van der Waals surface area contributed by atoms with Gasteiger partial charge in [0.1, 0.15) is 11.5 Å². The number of ether oxygens (including phenoxy) is 2. The molecule has 7 nitrogen and oxygen atoms in total. The molecule has 0 aliphatic heterocycles. The fourth-order valence-corrected chi connectivity index (χ4v) is 3.05. The third kappa shape index (κ3) is 3.86. The molecule has 30 heavy (non-hydrogen) atoms. The van der Waals surface area contributed by atoms with E-state index in [0.717, 1.165) is 11.3 Å². The monoisotopic (exact) mass is 400 g/mol. The largest absolute Gasteiger partial charge is 0.497 e. The van der Waals surface area contributed by atoms with Gasteiger partial charge in [0.15, 0.2) is 0 Å². The first-order chi connectivity index (χ1) is 14.7. The van der Waals surface area contributed by atoms with Gasteiger partial charge in [-0.15, -0.1) is 0 Å². The van der Waals surface area contributed by atoms with Gasteiger partial charge in [0.2, 0.25) is 5.95 Å². The molecule has 1 aromatic heterocycles. The number of fused-ring (bicyclic) bond motifs is 1. The highest BCUT2D eigenvalue weighted by atomic mass is 16.5. The zero-order chi connectivity index (χ0) is 20.9. The third-order valence-electron chi connectivity index (χ3n) is 4.58. The highest BCUT2D eigenvalue weighted by Gasteiger charge is 2.13. The molecule has 0 aliphatic rings. The summed E-state index contributed by atoms with van der Waals surface area (Å²) >= 11 is 0. The number of anilines is 1. The van der Waals surface area contributed by atoms with Crippen LogP contribution in [0.2, 0.25) is 0 Å². The fraction of sp³-hybridized carbons (Fsp3) is 0.0870. The summed E-state index contributed by atoms with van der Waals surface area (Å²) in [5, 5.41) is 4.79. The number of para-hydroxylation sites is 1. The molecule has 3 aromatic carbocycles. The van der Waals surface area contributed by atoms with Crippen LogP contribution in [0.3, 0.4) is 0 Å². The van der Waals surface area contributed by atoms with Crippen molar-refractivity contribution in [2.75, 3.05) is 19.6 Å². The summed E-state index contributed by atoms with van der Waals surface area (Å²) < 4.78 is 11.9. The Labute approximate surface area is 173 Å². The molecular formula is C23H20N4O3. The summed E-state index contributed by atoms with van der Waals surface area (Å²) in [5.74, 6) is 1.71. The van der Waals surface area contributed by atoms with Crippen molar-refractivity contribution in [2.24, 2.45) is 5.10 Å². The highest BCUT2D eigenvalue weighted by Crippen LogP contribution is 2.20. The molecule has 0 radical (unpaired) electrons. The number of aromatic nitrogens is 2. The van der Waals surface area contributed by atoms with Crippen LogP contribution in [0.25, 0.3) is 16.6 Å². The summed E-state index contributed by atoms with van der Waals surface area (Å²) in [6.07, 6.45) is 1.65. The van der Waals surface area contributed by atoms with Gasteiger partial charge in [0.05, 0.1) is 37.0 Å². The SMILES string of the molecule is COc1ccc(/C=N\Nc2nc3ccccc3c(=O)n2-c2cccc(OC)c2)cc1. The van der Waals surface area contributed by atoms with Gasteiger partial charge in [-0.1, -0.05) is 18.2 Å². The zero-order valence-electron chi connectivity index (χ0n) is 16.6. The van der Waals surface area contributed by atoms with Gasteiger partial charge in [-0.2, -0.15) is 5.10 Å². The molecule has 0 unspecified atom stereocenters. The number of hydrazone groups is 1. The number of benzene rings is 3. The van der Waals surface area contributed by atoms with Gasteiger partial charge in [-0.3, -0.25) is 4.79 Å². The Kier molecular flexibility index (Phi) is 5.43. The predicted molar refractivity (Wildman–Crippen MR) is 118 cm³/mol. The maximum absolute atomic E-state index is 13.2. The molecule has 0 spiro atoms. The average molecular weight is 400 g/mol. The van der Waals surface area contributed by atoms with Gasteiger partial charge >= 0.3 is 0 Å². The number of nitrogens with one attached hydrogen (secondary N) is 1. The first kappa shape index (κ1) is 19.2. The molecular weight excluding hydrogens is 380 g/mol. The summed E-state index contributed by atoms with van der Waals surface area (Å²) in [7, 11) is 3.20. The Hall–Kier alpha value is -4.13. The van der Waals surface area contributed by atoms with Crippen LogP contribution < -0.4 is 20.5 Å². The molecule has 1 heterocycles. The van der Waals surface area contributed by atoms with Crippen LogP contribution in [0.15, 0.2) is 82.7 Å². The maximum Gasteiger partial charge on any atom is 0.267 e. The van der Waals surface area contributed by atoms with E-state index in [0.29, 0.717) is 28.3 Å². The molecule has 1 N–H and O–H groups in total. The van der Waals surface area contributed by atoms with Crippen molar-refractivity contribution in [3.63, 3.8) is 0 Å². The minimum absolute atomic E-state index is 0.198. The van der Waals surface area contributed by atoms with E-state index in [9.17, 15) is 4.79 Å². The van der Waals surface area contributed by atoms with E-state index in [4.69, 9.17) is 9.47 Å². The average Bonchev–Trinajstić information content (AvgIpc) is 2.80. The molecule has 7 heteroatoms. The van der Waals surface area contributed by atoms with Gasteiger partial charge in [0, 0.05) is 6.07 Å². The van der Waals surface area contributed by atoms with Crippen LogP contribution in [0.5, 0.6) is 11.5 Å². The summed E-state index contributed by atoms with van der Waals surface area (Å²) in [6, 6.07) is 21.9. The van der Waals surface area contributed by atoms with Crippen molar-refractivity contribution >= 4 is 23.1 Å². The summed E-state index contributed by atoms with van der Waals surface area (Å²) in [5.41, 5.74) is 4.80. The molecule has 0 aliphatic carbocycles. The lowest BCUT2D eigenvalue weighted by Crippen LogP contribution is -2.22. The van der Waals surface area contributed by atoms with Crippen LogP contribution in [0.4, 0.5) is 5.95 Å². The zero-order valence-corrected chi connectivity index (χ0v) is 16.6. The molecule has 0 atom stereocenters. The van der Waals surface area contributed by atoms with E-state index in [1.165, 1.54) is 4.57 Å². The van der Waals surface area contributed by atoms with Crippen LogP contribution in [0.1, 0.15) is 5.56 Å². The van der Waals surface area contributed by atoms with E-state index in [1.54, 1.807) is 38.6 Å². The Morgan fingerprint density at radius 1 is 0.933 bits per heavy atom. The smallest absolute Gasteiger partial charge is 0.267 e. The minimum Gasteiger partial charge on any atom is -0.497 e. The van der Waals surface area contributed by atoms with Gasteiger partial charge in [0.25, 0.3) is 5.56 Å². The first-order valence-corrected chi connectivity index (χ1v) is 9.29. The molecule has 4 rings (SSSR count). The normalized spacial score (nSPS) is 11.0. The lowest BCUT2D eigenvalue weighted by Gasteiger charge is -2.13. The number of hydrogen-bond acceptors (Lipinski definition) is 6. The quantitative estimate of drug-likeness (QED) is 0.393. The van der Waals surface area contributed by atoms with E-state index >= 15 is 0 Å². The number of methoxy groups -OCH3 is 2. The topological polar surface area (TPSA) is 77.7 Å². The standard InChI is InChI=1S/C23H20N4O3/c1-29-18-12-10-16(11-13-18)15-24-26-23-25-21-9-4-3-8-20(21)22(28)27(23)17-6-5-7-19(14-17)30-2/h3-15H,1-2H3,(H,25,26)/b24-15-. The molecule has 150 valence electrons. The second kappa shape index (κ2) is 8.48. The Morgan fingerprint density at radius 2 is 1.70 bits per heavy atom. The van der Waals surface area contributed by atoms with Crippen molar-refractivity contribution in [1.82, 2.24) is 9.55 Å². The van der Waals surface area contributed by atoms with Crippen molar-refractivity contribution in [3.05, 3.63) is 88.7 Å². The lowest BCUT2D eigenvalue weighted by atomic mass is 10.2. The molecule has 0 bridgehead atoms. The second-order valence-electron chi connectivity index (χ2n) is 6.44. The number of nitrogens with zero attached hydrogens (tertiary/aromatic N) is 3. The van der Waals surface area contributed by atoms with Gasteiger partial charge in [-0.05, 0) is 54.1 Å². The minimum atomic E-state index is -0.198. The van der Waals surface area contributed by atoms with E-state index in [1.807, 2.05) is 54.6 Å². The van der Waals surface area contributed by atoms with E-state index < -0.39 is 0 Å². The first-order valence-electron chi connectivity index (χ1n) is 9.29. The van der Waals surface area contributed by atoms with Crippen LogP contribution in [-0.4, -0.2) is 30.0 Å². The highest BCUT2D eigenvalue weighted by molar-refractivity contribution is 5.81. The Balaban J connectivity index is 1.77. The fourth-order valence-electron chi connectivity index (χ4n) is 3.05.